The smallest absolute Gasteiger partial charge is 0.407 e. The lowest BCUT2D eigenvalue weighted by atomic mass is 10.0. The van der Waals surface area contributed by atoms with Gasteiger partial charge in [-0.05, 0) is 35.4 Å². The Morgan fingerprint density at radius 1 is 0.964 bits per heavy atom. The second-order valence-electron chi connectivity index (χ2n) is 6.57. The van der Waals surface area contributed by atoms with E-state index in [2.05, 4.69) is 10.9 Å². The summed E-state index contributed by atoms with van der Waals surface area (Å²) in [6.45, 7) is 1.47. The summed E-state index contributed by atoms with van der Waals surface area (Å²) in [4.78, 5) is 30.9. The zero-order valence-electron chi connectivity index (χ0n) is 15.1. The zero-order valence-corrected chi connectivity index (χ0v) is 15.1. The van der Waals surface area contributed by atoms with Gasteiger partial charge in [-0.2, -0.15) is 0 Å². The van der Waals surface area contributed by atoms with E-state index in [0.29, 0.717) is 37.4 Å². The molecule has 1 aliphatic heterocycles. The summed E-state index contributed by atoms with van der Waals surface area (Å²) in [5.41, 5.74) is 3.98. The van der Waals surface area contributed by atoms with Crippen molar-refractivity contribution >= 4 is 17.6 Å². The second kappa shape index (κ2) is 7.08. The largest absolute Gasteiger partial charge is 0.465 e. The van der Waals surface area contributed by atoms with E-state index in [0.717, 1.165) is 16.8 Å². The van der Waals surface area contributed by atoms with Gasteiger partial charge in [-0.15, -0.1) is 6.42 Å². The normalized spacial score (nSPS) is 14.1. The summed E-state index contributed by atoms with van der Waals surface area (Å²) in [6.07, 6.45) is 8.15. The number of carboxylic acid groups (broad SMARTS) is 1. The van der Waals surface area contributed by atoms with Crippen molar-refractivity contribution in [2.24, 2.45) is 0 Å². The van der Waals surface area contributed by atoms with Crippen LogP contribution < -0.4 is 0 Å². The van der Waals surface area contributed by atoms with Gasteiger partial charge in [-0.1, -0.05) is 18.1 Å². The number of piperazine rings is 1. The molecule has 0 unspecified atom stereocenters. The highest BCUT2D eigenvalue weighted by molar-refractivity contribution is 5.95. The van der Waals surface area contributed by atoms with Crippen LogP contribution in [-0.2, 0) is 0 Å². The fourth-order valence-corrected chi connectivity index (χ4v) is 3.35. The molecule has 140 valence electrons. The fraction of sp³-hybridized carbons (Fsp3) is 0.190. The van der Waals surface area contributed by atoms with E-state index in [1.54, 1.807) is 23.2 Å². The molecular weight excluding hydrogens is 356 g/mol. The Morgan fingerprint density at radius 2 is 1.61 bits per heavy atom. The summed E-state index contributed by atoms with van der Waals surface area (Å²) in [5, 5.41) is 9.01. The lowest BCUT2D eigenvalue weighted by Gasteiger charge is -2.33. The Kier molecular flexibility index (Phi) is 4.45. The molecule has 0 aliphatic carbocycles. The van der Waals surface area contributed by atoms with Crippen LogP contribution in [0.15, 0.2) is 48.8 Å². The minimum absolute atomic E-state index is 0.0868. The van der Waals surface area contributed by atoms with Gasteiger partial charge in [0, 0.05) is 37.9 Å². The highest BCUT2D eigenvalue weighted by atomic mass is 16.4. The predicted octanol–water partition coefficient (Wildman–Crippen LogP) is 2.42. The number of amides is 2. The van der Waals surface area contributed by atoms with E-state index in [1.165, 1.54) is 4.90 Å². The first kappa shape index (κ1) is 17.6. The second-order valence-corrected chi connectivity index (χ2v) is 6.57. The van der Waals surface area contributed by atoms with Gasteiger partial charge in [0.1, 0.15) is 11.3 Å². The first-order chi connectivity index (χ1) is 13.6. The van der Waals surface area contributed by atoms with Crippen LogP contribution >= 0.6 is 0 Å². The highest BCUT2D eigenvalue weighted by Crippen LogP contribution is 2.22. The summed E-state index contributed by atoms with van der Waals surface area (Å²) in [7, 11) is 0. The van der Waals surface area contributed by atoms with E-state index in [1.807, 2.05) is 34.9 Å². The van der Waals surface area contributed by atoms with Gasteiger partial charge < -0.3 is 14.9 Å². The first-order valence-corrected chi connectivity index (χ1v) is 8.88. The number of terminal acetylenes is 1. The van der Waals surface area contributed by atoms with Crippen molar-refractivity contribution in [3.8, 4) is 23.5 Å². The van der Waals surface area contributed by atoms with Crippen LogP contribution in [-0.4, -0.2) is 62.5 Å². The number of hydrogen-bond acceptors (Lipinski definition) is 3. The third kappa shape index (κ3) is 3.16. The Balaban J connectivity index is 1.52. The molecule has 0 spiro atoms. The molecule has 28 heavy (non-hydrogen) atoms. The topological polar surface area (TPSA) is 78.2 Å². The molecule has 7 nitrogen and oxygen atoms in total. The maximum Gasteiger partial charge on any atom is 0.407 e. The molecular formula is C21H18N4O3. The average Bonchev–Trinajstić information content (AvgIpc) is 3.15. The Hall–Kier alpha value is -3.79. The minimum Gasteiger partial charge on any atom is -0.465 e. The van der Waals surface area contributed by atoms with Crippen molar-refractivity contribution in [2.45, 2.75) is 0 Å². The van der Waals surface area contributed by atoms with Gasteiger partial charge >= 0.3 is 6.09 Å². The maximum atomic E-state index is 12.7. The first-order valence-electron chi connectivity index (χ1n) is 8.88. The van der Waals surface area contributed by atoms with Crippen LogP contribution in [0.1, 0.15) is 16.1 Å². The predicted molar refractivity (Wildman–Crippen MR) is 104 cm³/mol. The average molecular weight is 374 g/mol. The van der Waals surface area contributed by atoms with Crippen LogP contribution in [0.2, 0.25) is 0 Å². The molecule has 0 bridgehead atoms. The number of pyridine rings is 1. The van der Waals surface area contributed by atoms with Crippen molar-refractivity contribution in [2.75, 3.05) is 26.2 Å². The van der Waals surface area contributed by atoms with Crippen LogP contribution in [0.4, 0.5) is 4.79 Å². The Morgan fingerprint density at radius 3 is 2.25 bits per heavy atom. The van der Waals surface area contributed by atoms with Crippen molar-refractivity contribution in [1.82, 2.24) is 19.2 Å². The van der Waals surface area contributed by atoms with E-state index in [-0.39, 0.29) is 5.91 Å². The van der Waals surface area contributed by atoms with Gasteiger partial charge in [0.25, 0.3) is 5.91 Å². The van der Waals surface area contributed by atoms with Gasteiger partial charge in [0.2, 0.25) is 0 Å². The van der Waals surface area contributed by atoms with Gasteiger partial charge in [0.15, 0.2) is 0 Å². The zero-order chi connectivity index (χ0) is 19.7. The number of hydrogen-bond donors (Lipinski definition) is 1. The van der Waals surface area contributed by atoms with Crippen molar-refractivity contribution in [3.05, 3.63) is 60.0 Å². The number of carbonyl (C=O) groups excluding carboxylic acids is 1. The van der Waals surface area contributed by atoms with Crippen LogP contribution in [0.3, 0.4) is 0 Å². The maximum absolute atomic E-state index is 12.7. The Bertz CT molecular complexity index is 1090. The summed E-state index contributed by atoms with van der Waals surface area (Å²) >= 11 is 0. The van der Waals surface area contributed by atoms with E-state index in [4.69, 9.17) is 11.5 Å². The molecule has 0 atom stereocenters. The van der Waals surface area contributed by atoms with Crippen LogP contribution in [0, 0.1) is 12.3 Å². The molecule has 7 heteroatoms. The van der Waals surface area contributed by atoms with Crippen LogP contribution in [0.5, 0.6) is 0 Å². The van der Waals surface area contributed by atoms with Crippen molar-refractivity contribution in [1.29, 1.82) is 0 Å². The molecule has 3 heterocycles. The third-order valence-corrected chi connectivity index (χ3v) is 4.96. The van der Waals surface area contributed by atoms with Gasteiger partial charge in [-0.3, -0.25) is 9.20 Å². The molecule has 1 aromatic carbocycles. The fourth-order valence-electron chi connectivity index (χ4n) is 3.35. The number of nitrogens with zero attached hydrogens (tertiary/aromatic N) is 4. The molecule has 2 amide bonds. The monoisotopic (exact) mass is 374 g/mol. The number of fused-ring (bicyclic) bond motifs is 1. The van der Waals surface area contributed by atoms with E-state index in [9.17, 15) is 9.59 Å². The van der Waals surface area contributed by atoms with Crippen molar-refractivity contribution in [3.63, 3.8) is 0 Å². The summed E-state index contributed by atoms with van der Waals surface area (Å²) in [5.74, 6) is 2.52. The molecule has 3 aromatic rings. The number of aromatic nitrogens is 2. The molecule has 1 fully saturated rings. The lowest BCUT2D eigenvalue weighted by molar-refractivity contribution is 0.0625. The van der Waals surface area contributed by atoms with E-state index < -0.39 is 6.09 Å². The molecule has 1 saturated heterocycles. The van der Waals surface area contributed by atoms with Gasteiger partial charge in [0.05, 0.1) is 6.20 Å². The van der Waals surface area contributed by atoms with Crippen LogP contribution in [0.25, 0.3) is 16.8 Å². The summed E-state index contributed by atoms with van der Waals surface area (Å²) in [6, 6.07) is 11.2. The molecule has 1 N–H and O–H groups in total. The van der Waals surface area contributed by atoms with E-state index >= 15 is 0 Å². The number of rotatable bonds is 2. The molecule has 2 aromatic heterocycles. The molecule has 0 saturated carbocycles. The summed E-state index contributed by atoms with van der Waals surface area (Å²) < 4.78 is 1.86. The number of benzene rings is 1. The van der Waals surface area contributed by atoms with Gasteiger partial charge in [-0.25, -0.2) is 9.78 Å². The Labute approximate surface area is 161 Å². The minimum atomic E-state index is -0.945. The third-order valence-electron chi connectivity index (χ3n) is 4.96. The van der Waals surface area contributed by atoms with Crippen molar-refractivity contribution < 1.29 is 14.7 Å². The quantitative estimate of drug-likeness (QED) is 0.699. The number of carbonyl (C=O) groups is 2. The standard InChI is InChI=1S/C21H18N4O3/c1-2-18-13-22-19-8-7-17(14-25(18)19)15-3-5-16(6-4-15)20(26)23-9-11-24(12-10-23)21(27)28/h1,3-8,13-14H,9-12H2,(H,27,28). The molecule has 4 rings (SSSR count). The highest BCUT2D eigenvalue weighted by Gasteiger charge is 2.24. The molecule has 0 radical (unpaired) electrons. The SMILES string of the molecule is C#Cc1cnc2ccc(-c3ccc(C(=O)N4CCN(C(=O)O)CC4)cc3)cn12. The number of imidazole rings is 1. The molecule has 1 aliphatic rings. The lowest BCUT2D eigenvalue weighted by Crippen LogP contribution is -2.50.